The fourth-order valence-electron chi connectivity index (χ4n) is 3.62. The summed E-state index contributed by atoms with van der Waals surface area (Å²) in [6, 6.07) is 19.1. The number of aromatic nitrogens is 2. The van der Waals surface area contributed by atoms with Crippen molar-refractivity contribution >= 4 is 40.4 Å². The van der Waals surface area contributed by atoms with Crippen LogP contribution in [0.25, 0.3) is 11.0 Å². The number of nitrogens with zero attached hydrogens (tertiary/aromatic N) is 2. The Balaban J connectivity index is 1.86. The van der Waals surface area contributed by atoms with Crippen molar-refractivity contribution in [3.63, 3.8) is 0 Å². The van der Waals surface area contributed by atoms with Gasteiger partial charge in [-0.1, -0.05) is 48.5 Å². The molecule has 4 rings (SSSR count). The second-order valence-electron chi connectivity index (χ2n) is 6.93. The van der Waals surface area contributed by atoms with Gasteiger partial charge in [0, 0.05) is 33.2 Å². The van der Waals surface area contributed by atoms with Crippen LogP contribution in [-0.4, -0.2) is 20.6 Å². The van der Waals surface area contributed by atoms with Crippen molar-refractivity contribution in [3.05, 3.63) is 98.9 Å². The van der Waals surface area contributed by atoms with Crippen LogP contribution < -0.4 is 5.43 Å². The number of rotatable bonds is 6. The van der Waals surface area contributed by atoms with Crippen LogP contribution in [0.4, 0.5) is 0 Å². The number of carboxylic acid groups (broad SMARTS) is 1. The molecule has 0 saturated heterocycles. The average molecular weight is 451 g/mol. The van der Waals surface area contributed by atoms with Crippen molar-refractivity contribution in [2.24, 2.45) is 0 Å². The minimum atomic E-state index is -1.23. The summed E-state index contributed by atoms with van der Waals surface area (Å²) in [6.07, 6.45) is 1.92. The van der Waals surface area contributed by atoms with Crippen LogP contribution in [0, 0.1) is 0 Å². The minimum absolute atomic E-state index is 0.167. The van der Waals surface area contributed by atoms with Gasteiger partial charge in [-0.05, 0) is 54.4 Å². The van der Waals surface area contributed by atoms with Gasteiger partial charge in [0.1, 0.15) is 11.1 Å². The molecule has 1 N–H and O–H groups in total. The highest BCUT2D eigenvalue weighted by atomic mass is 35.5. The molecule has 0 aliphatic heterocycles. The lowest BCUT2D eigenvalue weighted by atomic mass is 10.1. The Labute approximate surface area is 188 Å². The molecule has 5 nitrogen and oxygen atoms in total. The van der Waals surface area contributed by atoms with E-state index >= 15 is 0 Å². The van der Waals surface area contributed by atoms with Crippen molar-refractivity contribution in [3.8, 4) is 0 Å². The van der Waals surface area contributed by atoms with Crippen LogP contribution in [0.5, 0.6) is 0 Å². The van der Waals surface area contributed by atoms with Crippen molar-refractivity contribution in [2.45, 2.75) is 29.7 Å². The first kappa shape index (κ1) is 21.2. The predicted octanol–water partition coefficient (Wildman–Crippen LogP) is 5.51. The normalized spacial score (nSPS) is 11.0. The molecule has 2 aromatic carbocycles. The molecule has 2 aromatic heterocycles. The maximum absolute atomic E-state index is 12.8. The largest absolute Gasteiger partial charge is 0.477 e. The zero-order chi connectivity index (χ0) is 22.0. The minimum Gasteiger partial charge on any atom is -0.477 e. The number of carbonyl (C=O) groups is 1. The third kappa shape index (κ3) is 4.22. The summed E-state index contributed by atoms with van der Waals surface area (Å²) in [5.41, 5.74) is 1.55. The number of benzene rings is 2. The van der Waals surface area contributed by atoms with Gasteiger partial charge in [0.2, 0.25) is 5.43 Å². The number of hydrogen-bond donors (Lipinski definition) is 1. The van der Waals surface area contributed by atoms with E-state index in [0.29, 0.717) is 29.2 Å². The van der Waals surface area contributed by atoms with E-state index in [0.717, 1.165) is 15.4 Å². The topological polar surface area (TPSA) is 72.2 Å². The van der Waals surface area contributed by atoms with Crippen molar-refractivity contribution < 1.29 is 9.90 Å². The molecule has 31 heavy (non-hydrogen) atoms. The molecule has 7 heteroatoms. The third-order valence-electron chi connectivity index (χ3n) is 5.03. The first-order valence-corrected chi connectivity index (χ1v) is 10.9. The van der Waals surface area contributed by atoms with Crippen molar-refractivity contribution in [2.75, 3.05) is 0 Å². The van der Waals surface area contributed by atoms with Crippen LogP contribution in [0.3, 0.4) is 0 Å². The fraction of sp³-hybridized carbons (Fsp3) is 0.125. The lowest BCUT2D eigenvalue weighted by Gasteiger charge is -2.19. The van der Waals surface area contributed by atoms with E-state index < -0.39 is 11.4 Å². The molecule has 0 spiro atoms. The third-order valence-corrected chi connectivity index (χ3v) is 6.40. The molecule has 0 unspecified atom stereocenters. The molecule has 0 aliphatic carbocycles. The van der Waals surface area contributed by atoms with Gasteiger partial charge in [-0.25, -0.2) is 4.79 Å². The summed E-state index contributed by atoms with van der Waals surface area (Å²) < 4.78 is 1.90. The zero-order valence-electron chi connectivity index (χ0n) is 16.7. The fourth-order valence-corrected chi connectivity index (χ4v) is 4.68. The average Bonchev–Trinajstić information content (AvgIpc) is 2.77. The van der Waals surface area contributed by atoms with E-state index in [1.165, 1.54) is 6.20 Å². The first-order chi connectivity index (χ1) is 15.0. The van der Waals surface area contributed by atoms with E-state index in [2.05, 4.69) is 4.98 Å². The molecule has 0 radical (unpaired) electrons. The summed E-state index contributed by atoms with van der Waals surface area (Å²) in [7, 11) is 0. The quantitative estimate of drug-likeness (QED) is 0.419. The maximum atomic E-state index is 12.8. The molecular formula is C24H19ClN2O3S. The van der Waals surface area contributed by atoms with Gasteiger partial charge in [-0.2, -0.15) is 0 Å². The molecule has 0 saturated carbocycles. The Kier molecular flexibility index (Phi) is 6.11. The van der Waals surface area contributed by atoms with Crippen LogP contribution >= 0.6 is 23.4 Å². The van der Waals surface area contributed by atoms with Gasteiger partial charge in [0.05, 0.1) is 5.52 Å². The highest BCUT2D eigenvalue weighted by Gasteiger charge is 2.22. The number of halogens is 1. The highest BCUT2D eigenvalue weighted by molar-refractivity contribution is 7.99. The molecule has 4 aromatic rings. The number of carboxylic acids is 1. The van der Waals surface area contributed by atoms with E-state index in [-0.39, 0.29) is 11.1 Å². The van der Waals surface area contributed by atoms with E-state index in [1.807, 2.05) is 66.1 Å². The van der Waals surface area contributed by atoms with Crippen LogP contribution in [0.15, 0.2) is 81.4 Å². The SMILES string of the molecule is CCc1c(C(=O)O)c(=O)c2ncccc2n1Cc1ccccc1Sc1ccc(Cl)cc1. The lowest BCUT2D eigenvalue weighted by Crippen LogP contribution is -2.25. The molecule has 2 heterocycles. The summed E-state index contributed by atoms with van der Waals surface area (Å²) in [5, 5.41) is 10.4. The van der Waals surface area contributed by atoms with Gasteiger partial charge >= 0.3 is 5.97 Å². The molecule has 0 bridgehead atoms. The Morgan fingerprint density at radius 1 is 1.10 bits per heavy atom. The van der Waals surface area contributed by atoms with Crippen LogP contribution in [0.1, 0.15) is 28.5 Å². The molecule has 0 atom stereocenters. The van der Waals surface area contributed by atoms with Crippen molar-refractivity contribution in [1.82, 2.24) is 9.55 Å². The van der Waals surface area contributed by atoms with Gasteiger partial charge in [0.25, 0.3) is 0 Å². The standard InChI is InChI=1S/C24H19ClN2O3S/c1-2-18-21(24(29)30)23(28)22-19(7-5-13-26-22)27(18)14-15-6-3-4-8-20(15)31-17-11-9-16(25)10-12-17/h3-13H,2,14H2,1H3,(H,29,30). The summed E-state index contributed by atoms with van der Waals surface area (Å²) in [5.74, 6) is -1.23. The maximum Gasteiger partial charge on any atom is 0.341 e. The summed E-state index contributed by atoms with van der Waals surface area (Å²) in [6.45, 7) is 2.27. The molecule has 0 aliphatic rings. The Bertz CT molecular complexity index is 1330. The first-order valence-electron chi connectivity index (χ1n) is 9.74. The second-order valence-corrected chi connectivity index (χ2v) is 8.48. The van der Waals surface area contributed by atoms with Crippen molar-refractivity contribution in [1.29, 1.82) is 0 Å². The van der Waals surface area contributed by atoms with E-state index in [1.54, 1.807) is 17.8 Å². The van der Waals surface area contributed by atoms with Gasteiger partial charge in [0.15, 0.2) is 0 Å². The lowest BCUT2D eigenvalue weighted by molar-refractivity contribution is 0.0693. The second kappa shape index (κ2) is 8.96. The molecular weight excluding hydrogens is 432 g/mol. The van der Waals surface area contributed by atoms with Gasteiger partial charge in [-0.15, -0.1) is 0 Å². The Morgan fingerprint density at radius 3 is 2.55 bits per heavy atom. The summed E-state index contributed by atoms with van der Waals surface area (Å²) >= 11 is 7.61. The zero-order valence-corrected chi connectivity index (χ0v) is 18.3. The molecule has 0 amide bonds. The smallest absolute Gasteiger partial charge is 0.341 e. The van der Waals surface area contributed by atoms with E-state index in [4.69, 9.17) is 11.6 Å². The van der Waals surface area contributed by atoms with Crippen LogP contribution in [-0.2, 0) is 13.0 Å². The highest BCUT2D eigenvalue weighted by Crippen LogP contribution is 2.32. The number of hydrogen-bond acceptors (Lipinski definition) is 4. The molecule has 156 valence electrons. The molecule has 0 fully saturated rings. The van der Waals surface area contributed by atoms with Crippen LogP contribution in [0.2, 0.25) is 5.02 Å². The number of fused-ring (bicyclic) bond motifs is 1. The number of aromatic carboxylic acids is 1. The van der Waals surface area contributed by atoms with Gasteiger partial charge in [-0.3, -0.25) is 9.78 Å². The van der Waals surface area contributed by atoms with Gasteiger partial charge < -0.3 is 9.67 Å². The summed E-state index contributed by atoms with van der Waals surface area (Å²) in [4.78, 5) is 31.0. The monoisotopic (exact) mass is 450 g/mol. The predicted molar refractivity (Wildman–Crippen MR) is 123 cm³/mol. The number of pyridine rings is 2. The Hall–Kier alpha value is -3.09. The van der Waals surface area contributed by atoms with E-state index in [9.17, 15) is 14.7 Å². The Morgan fingerprint density at radius 2 is 1.84 bits per heavy atom.